The molecule has 3 nitrogen and oxygen atoms in total. The van der Waals surface area contributed by atoms with Gasteiger partial charge in [0.25, 0.3) is 0 Å². The second-order valence-corrected chi connectivity index (χ2v) is 6.41. The predicted molar refractivity (Wildman–Crippen MR) is 82.9 cm³/mol. The number of thiophene rings is 1. The molecule has 6 heteroatoms. The van der Waals surface area contributed by atoms with Crippen LogP contribution in [0, 0.1) is 0 Å². The summed E-state index contributed by atoms with van der Waals surface area (Å²) in [4.78, 5) is 5.10. The Kier molecular flexibility index (Phi) is 5.21. The molecule has 2 atom stereocenters. The molecule has 0 fully saturated rings. The average molecular weight is 362 g/mol. The highest BCUT2D eigenvalue weighted by molar-refractivity contribution is 9.10. The van der Waals surface area contributed by atoms with E-state index in [2.05, 4.69) is 20.9 Å². The third kappa shape index (κ3) is 3.92. The number of ether oxygens (including phenoxy) is 1. The Labute approximate surface area is 129 Å². The fourth-order valence-electron chi connectivity index (χ4n) is 1.65. The molecule has 0 bridgehead atoms. The molecule has 0 radical (unpaired) electrons. The van der Waals surface area contributed by atoms with Gasteiger partial charge in [-0.1, -0.05) is 18.5 Å². The van der Waals surface area contributed by atoms with E-state index < -0.39 is 0 Å². The second kappa shape index (κ2) is 6.70. The summed E-state index contributed by atoms with van der Waals surface area (Å²) in [7, 11) is 0. The number of rotatable bonds is 5. The van der Waals surface area contributed by atoms with Gasteiger partial charge in [0.2, 0.25) is 0 Å². The lowest BCUT2D eigenvalue weighted by atomic mass is 10.1. The minimum absolute atomic E-state index is 0.0791. The number of hydrogen-bond donors (Lipinski definition) is 1. The van der Waals surface area contributed by atoms with E-state index in [-0.39, 0.29) is 12.1 Å². The molecule has 2 unspecified atom stereocenters. The van der Waals surface area contributed by atoms with Gasteiger partial charge in [-0.25, -0.2) is 0 Å². The Morgan fingerprint density at radius 1 is 1.47 bits per heavy atom. The van der Waals surface area contributed by atoms with Gasteiger partial charge in [-0.2, -0.15) is 0 Å². The summed E-state index contributed by atoms with van der Waals surface area (Å²) in [5, 5.41) is 2.57. The van der Waals surface area contributed by atoms with Gasteiger partial charge in [-0.05, 0) is 28.4 Å². The lowest BCUT2D eigenvalue weighted by molar-refractivity contribution is 0.174. The van der Waals surface area contributed by atoms with Gasteiger partial charge in [-0.15, -0.1) is 11.3 Å². The molecule has 0 saturated heterocycles. The number of nitrogens with two attached hydrogens (primary N) is 1. The third-order valence-electron chi connectivity index (χ3n) is 2.67. The summed E-state index contributed by atoms with van der Waals surface area (Å²) in [5.74, 6) is 0.630. The largest absolute Gasteiger partial charge is 0.482 e. The third-order valence-corrected chi connectivity index (χ3v) is 4.63. The van der Waals surface area contributed by atoms with Crippen molar-refractivity contribution in [1.29, 1.82) is 0 Å². The van der Waals surface area contributed by atoms with Gasteiger partial charge >= 0.3 is 0 Å². The molecule has 0 aliphatic carbocycles. The van der Waals surface area contributed by atoms with Crippen molar-refractivity contribution in [1.82, 2.24) is 4.98 Å². The Balaban J connectivity index is 2.24. The second-order valence-electron chi connectivity index (χ2n) is 4.12. The van der Waals surface area contributed by atoms with Gasteiger partial charge in [0.05, 0.1) is 11.2 Å². The van der Waals surface area contributed by atoms with Crippen LogP contribution in [-0.4, -0.2) is 11.0 Å². The molecule has 0 spiro atoms. The van der Waals surface area contributed by atoms with E-state index in [1.54, 1.807) is 29.8 Å². The first-order valence-electron chi connectivity index (χ1n) is 5.87. The Morgan fingerprint density at radius 2 is 2.26 bits per heavy atom. The topological polar surface area (TPSA) is 48.1 Å². The quantitative estimate of drug-likeness (QED) is 0.857. The Morgan fingerprint density at radius 3 is 2.84 bits per heavy atom. The molecule has 19 heavy (non-hydrogen) atoms. The van der Waals surface area contributed by atoms with E-state index in [0.29, 0.717) is 10.8 Å². The number of nitrogens with zero attached hydrogens (tertiary/aromatic N) is 1. The van der Waals surface area contributed by atoms with Crippen LogP contribution in [0.25, 0.3) is 0 Å². The van der Waals surface area contributed by atoms with Gasteiger partial charge < -0.3 is 10.5 Å². The van der Waals surface area contributed by atoms with Crippen molar-refractivity contribution < 1.29 is 4.74 Å². The van der Waals surface area contributed by atoms with Crippen LogP contribution in [0.3, 0.4) is 0 Å². The van der Waals surface area contributed by atoms with Crippen LogP contribution in [-0.2, 0) is 0 Å². The number of aromatic nitrogens is 1. The van der Waals surface area contributed by atoms with E-state index in [1.165, 1.54) is 0 Å². The molecule has 0 amide bonds. The number of pyridine rings is 1. The molecule has 2 aromatic rings. The Bertz CT molecular complexity index is 549. The SMILES string of the molecule is CCC(N)C(Oc1cncc(Cl)c1)c1cc(Br)cs1. The van der Waals surface area contributed by atoms with E-state index in [4.69, 9.17) is 22.1 Å². The first-order chi connectivity index (χ1) is 9.10. The van der Waals surface area contributed by atoms with Crippen LogP contribution in [0.5, 0.6) is 5.75 Å². The van der Waals surface area contributed by atoms with E-state index in [0.717, 1.165) is 15.8 Å². The molecular formula is C13H14BrClN2OS. The lowest BCUT2D eigenvalue weighted by Gasteiger charge is -2.23. The monoisotopic (exact) mass is 360 g/mol. The first kappa shape index (κ1) is 14.8. The van der Waals surface area contributed by atoms with Crippen LogP contribution >= 0.6 is 38.9 Å². The van der Waals surface area contributed by atoms with Crippen molar-refractivity contribution in [2.75, 3.05) is 0 Å². The van der Waals surface area contributed by atoms with E-state index in [9.17, 15) is 0 Å². The number of hydrogen-bond acceptors (Lipinski definition) is 4. The summed E-state index contributed by atoms with van der Waals surface area (Å²) in [6.45, 7) is 2.04. The van der Waals surface area contributed by atoms with Gasteiger partial charge in [0.1, 0.15) is 11.9 Å². The maximum atomic E-state index is 6.16. The van der Waals surface area contributed by atoms with Crippen LogP contribution in [0.4, 0.5) is 0 Å². The fourth-order valence-corrected chi connectivity index (χ4v) is 3.36. The van der Waals surface area contributed by atoms with Crippen LogP contribution < -0.4 is 10.5 Å². The highest BCUT2D eigenvalue weighted by Gasteiger charge is 2.22. The van der Waals surface area contributed by atoms with Crippen LogP contribution in [0.2, 0.25) is 5.02 Å². The van der Waals surface area contributed by atoms with Gasteiger partial charge in [0, 0.05) is 33.0 Å². The van der Waals surface area contributed by atoms with Crippen molar-refractivity contribution in [2.24, 2.45) is 5.73 Å². The molecule has 2 aromatic heterocycles. The minimum Gasteiger partial charge on any atom is -0.482 e. The lowest BCUT2D eigenvalue weighted by Crippen LogP contribution is -2.30. The van der Waals surface area contributed by atoms with Gasteiger partial charge in [0.15, 0.2) is 0 Å². The Hall–Kier alpha value is -0.620. The molecule has 0 aliphatic rings. The minimum atomic E-state index is -0.193. The molecule has 0 aromatic carbocycles. The summed E-state index contributed by atoms with van der Waals surface area (Å²) in [6, 6.07) is 3.69. The summed E-state index contributed by atoms with van der Waals surface area (Å²) < 4.78 is 7.00. The van der Waals surface area contributed by atoms with E-state index >= 15 is 0 Å². The van der Waals surface area contributed by atoms with Crippen molar-refractivity contribution in [3.63, 3.8) is 0 Å². The normalized spacial score (nSPS) is 14.1. The molecular weight excluding hydrogens is 348 g/mol. The maximum Gasteiger partial charge on any atom is 0.148 e. The van der Waals surface area contributed by atoms with E-state index in [1.807, 2.05) is 18.4 Å². The molecule has 102 valence electrons. The maximum absolute atomic E-state index is 6.16. The van der Waals surface area contributed by atoms with Crippen LogP contribution in [0.15, 0.2) is 34.4 Å². The zero-order valence-corrected chi connectivity index (χ0v) is 13.5. The zero-order valence-electron chi connectivity index (χ0n) is 10.3. The van der Waals surface area contributed by atoms with Crippen LogP contribution in [0.1, 0.15) is 24.3 Å². The highest BCUT2D eigenvalue weighted by Crippen LogP contribution is 2.32. The molecule has 0 saturated carbocycles. The fraction of sp³-hybridized carbons (Fsp3) is 0.308. The van der Waals surface area contributed by atoms with Gasteiger partial charge in [-0.3, -0.25) is 4.98 Å². The molecule has 2 heterocycles. The average Bonchev–Trinajstić information content (AvgIpc) is 2.81. The van der Waals surface area contributed by atoms with Crippen molar-refractivity contribution >= 4 is 38.9 Å². The summed E-state index contributed by atoms with van der Waals surface area (Å²) in [5.41, 5.74) is 6.16. The van der Waals surface area contributed by atoms with Crippen molar-refractivity contribution in [3.8, 4) is 5.75 Å². The zero-order chi connectivity index (χ0) is 13.8. The molecule has 2 N–H and O–H groups in total. The standard InChI is InChI=1S/C13H14BrClN2OS/c1-2-11(16)13(12-3-8(14)7-19-12)18-10-4-9(15)5-17-6-10/h3-7,11,13H,2,16H2,1H3. The predicted octanol–water partition coefficient (Wildman–Crippen LogP) is 4.42. The smallest absolute Gasteiger partial charge is 0.148 e. The number of halogens is 2. The molecule has 0 aliphatic heterocycles. The van der Waals surface area contributed by atoms with Crippen molar-refractivity contribution in [3.05, 3.63) is 44.3 Å². The highest BCUT2D eigenvalue weighted by atomic mass is 79.9. The first-order valence-corrected chi connectivity index (χ1v) is 7.92. The summed E-state index contributed by atoms with van der Waals surface area (Å²) in [6.07, 6.45) is 3.85. The summed E-state index contributed by atoms with van der Waals surface area (Å²) >= 11 is 11.0. The molecule has 2 rings (SSSR count). The van der Waals surface area contributed by atoms with Crippen molar-refractivity contribution in [2.45, 2.75) is 25.5 Å².